The molecule has 0 amide bonds. The zero-order valence-electron chi connectivity index (χ0n) is 12.8. The third-order valence-corrected chi connectivity index (χ3v) is 4.92. The number of pyridine rings is 2. The van der Waals surface area contributed by atoms with E-state index in [1.807, 2.05) is 6.07 Å². The second-order valence-corrected chi connectivity index (χ2v) is 6.99. The standard InChI is InChI=1S/C16H12AsClFN3O2/c1-7-11(5-20-8(2)16(7)22(23)24)10-3-9-4-13(17)21-6-12(9)14(18)15(10)19/h3-6H,17H2,1-2H3. The molecule has 122 valence electrons. The van der Waals surface area contributed by atoms with E-state index in [0.29, 0.717) is 16.5 Å². The van der Waals surface area contributed by atoms with E-state index in [1.54, 1.807) is 19.9 Å². The normalized spacial score (nSPS) is 11.0. The summed E-state index contributed by atoms with van der Waals surface area (Å²) in [6.07, 6.45) is 2.97. The molecule has 0 saturated heterocycles. The first-order valence-electron chi connectivity index (χ1n) is 6.95. The third-order valence-electron chi connectivity index (χ3n) is 3.88. The van der Waals surface area contributed by atoms with Crippen LogP contribution in [-0.2, 0) is 0 Å². The predicted molar refractivity (Wildman–Crippen MR) is 94.2 cm³/mol. The van der Waals surface area contributed by atoms with Gasteiger partial charge in [-0.1, -0.05) is 0 Å². The molecule has 2 aromatic heterocycles. The summed E-state index contributed by atoms with van der Waals surface area (Å²) in [5, 5.41) is 12.5. The van der Waals surface area contributed by atoms with E-state index in [2.05, 4.69) is 9.97 Å². The molecule has 2 heterocycles. The number of fused-ring (bicyclic) bond motifs is 1. The van der Waals surface area contributed by atoms with Crippen LogP contribution in [-0.4, -0.2) is 31.7 Å². The molecule has 0 aliphatic heterocycles. The van der Waals surface area contributed by atoms with Gasteiger partial charge in [-0.2, -0.15) is 0 Å². The Morgan fingerprint density at radius 3 is 2.58 bits per heavy atom. The fourth-order valence-electron chi connectivity index (χ4n) is 2.70. The van der Waals surface area contributed by atoms with Gasteiger partial charge < -0.3 is 0 Å². The van der Waals surface area contributed by atoms with E-state index in [9.17, 15) is 14.5 Å². The summed E-state index contributed by atoms with van der Waals surface area (Å²) in [7, 11) is 0. The van der Waals surface area contributed by atoms with Crippen molar-refractivity contribution in [1.29, 1.82) is 0 Å². The molecule has 0 N–H and O–H groups in total. The zero-order chi connectivity index (χ0) is 17.6. The van der Waals surface area contributed by atoms with Crippen molar-refractivity contribution in [2.24, 2.45) is 0 Å². The number of nitrogens with zero attached hydrogens (tertiary/aromatic N) is 3. The van der Waals surface area contributed by atoms with Crippen molar-refractivity contribution < 1.29 is 9.31 Å². The van der Waals surface area contributed by atoms with E-state index in [0.717, 1.165) is 9.87 Å². The summed E-state index contributed by atoms with van der Waals surface area (Å²) in [6.45, 7) is 3.14. The van der Waals surface area contributed by atoms with Gasteiger partial charge in [-0.05, 0) is 0 Å². The molecule has 0 aliphatic rings. The van der Waals surface area contributed by atoms with Crippen molar-refractivity contribution in [3.63, 3.8) is 0 Å². The Labute approximate surface area is 150 Å². The van der Waals surface area contributed by atoms with Crippen LogP contribution in [0.3, 0.4) is 0 Å². The van der Waals surface area contributed by atoms with Crippen LogP contribution in [0.25, 0.3) is 21.9 Å². The van der Waals surface area contributed by atoms with Gasteiger partial charge in [-0.25, -0.2) is 0 Å². The fourth-order valence-corrected chi connectivity index (χ4v) is 3.49. The number of aryl methyl sites for hydroxylation is 1. The minimum absolute atomic E-state index is 0.0508. The molecule has 1 atom stereocenters. The van der Waals surface area contributed by atoms with Crippen molar-refractivity contribution in [2.45, 2.75) is 13.8 Å². The molecular formula is C16H12AsClFN3O2. The molecule has 5 nitrogen and oxygen atoms in total. The molecule has 0 aliphatic carbocycles. The van der Waals surface area contributed by atoms with Gasteiger partial charge in [0.15, 0.2) is 0 Å². The Balaban J connectivity index is 2.37. The van der Waals surface area contributed by atoms with Crippen molar-refractivity contribution in [2.75, 3.05) is 0 Å². The van der Waals surface area contributed by atoms with Gasteiger partial charge in [-0.3, -0.25) is 0 Å². The Bertz CT molecular complexity index is 1010. The van der Waals surface area contributed by atoms with Gasteiger partial charge in [-0.15, -0.1) is 0 Å². The summed E-state index contributed by atoms with van der Waals surface area (Å²) in [6, 6.07) is 3.44. The average molecular weight is 408 g/mol. The van der Waals surface area contributed by atoms with E-state index in [1.165, 1.54) is 29.2 Å². The van der Waals surface area contributed by atoms with Gasteiger partial charge in [0.05, 0.1) is 0 Å². The third kappa shape index (κ3) is 2.66. The molecule has 0 bridgehead atoms. The molecule has 8 heteroatoms. The quantitative estimate of drug-likeness (QED) is 0.372. The van der Waals surface area contributed by atoms with Crippen molar-refractivity contribution >= 4 is 49.4 Å². The van der Waals surface area contributed by atoms with Crippen LogP contribution in [0.1, 0.15) is 11.3 Å². The first-order chi connectivity index (χ1) is 11.3. The van der Waals surface area contributed by atoms with Crippen molar-refractivity contribution in [3.8, 4) is 11.1 Å². The van der Waals surface area contributed by atoms with Crippen LogP contribution in [0, 0.1) is 29.8 Å². The minimum atomic E-state index is -0.636. The molecule has 0 fully saturated rings. The van der Waals surface area contributed by atoms with E-state index in [-0.39, 0.29) is 22.0 Å². The van der Waals surface area contributed by atoms with Crippen LogP contribution >= 0.6 is 11.6 Å². The monoisotopic (exact) mass is 407 g/mol. The summed E-state index contributed by atoms with van der Waals surface area (Å²) < 4.78 is 15.6. The summed E-state index contributed by atoms with van der Waals surface area (Å²) in [5.74, 6) is -0.636. The molecule has 1 unspecified atom stereocenters. The van der Waals surface area contributed by atoms with Crippen LogP contribution in [0.2, 0.25) is 5.02 Å². The van der Waals surface area contributed by atoms with Crippen LogP contribution in [0.5, 0.6) is 0 Å². The average Bonchev–Trinajstić information content (AvgIpc) is 2.51. The Kier molecular flexibility index (Phi) is 4.28. The van der Waals surface area contributed by atoms with Crippen LogP contribution in [0.15, 0.2) is 24.5 Å². The summed E-state index contributed by atoms with van der Waals surface area (Å²) in [5.41, 5.74) is 1.08. The first-order valence-corrected chi connectivity index (χ1v) is 8.54. The number of rotatable bonds is 2. The predicted octanol–water partition coefficient (Wildman–Crippen LogP) is 2.87. The van der Waals surface area contributed by atoms with E-state index < -0.39 is 10.7 Å². The maximum atomic E-state index is 14.8. The van der Waals surface area contributed by atoms with Crippen molar-refractivity contribution in [3.05, 3.63) is 56.7 Å². The summed E-state index contributed by atoms with van der Waals surface area (Å²) >= 11 is 7.49. The second-order valence-electron chi connectivity index (χ2n) is 5.37. The molecule has 0 saturated carbocycles. The second kappa shape index (κ2) is 6.11. The summed E-state index contributed by atoms with van der Waals surface area (Å²) in [4.78, 5) is 19.0. The number of aromatic nitrogens is 2. The van der Waals surface area contributed by atoms with Gasteiger partial charge in [0.2, 0.25) is 0 Å². The number of benzene rings is 1. The van der Waals surface area contributed by atoms with Gasteiger partial charge in [0.25, 0.3) is 0 Å². The number of hydrogen-bond acceptors (Lipinski definition) is 4. The van der Waals surface area contributed by atoms with Gasteiger partial charge in [0.1, 0.15) is 0 Å². The fraction of sp³-hybridized carbons (Fsp3) is 0.125. The number of hydrogen-bond donors (Lipinski definition) is 0. The number of halogens is 2. The van der Waals surface area contributed by atoms with Gasteiger partial charge >= 0.3 is 150 Å². The molecular weight excluding hydrogens is 396 g/mol. The Hall–Kier alpha value is -2.04. The van der Waals surface area contributed by atoms with Crippen molar-refractivity contribution in [1.82, 2.24) is 9.97 Å². The van der Waals surface area contributed by atoms with Gasteiger partial charge in [0, 0.05) is 0 Å². The molecule has 3 aromatic rings. The van der Waals surface area contributed by atoms with E-state index in [4.69, 9.17) is 11.6 Å². The molecule has 24 heavy (non-hydrogen) atoms. The van der Waals surface area contributed by atoms with Crippen LogP contribution < -0.4 is 4.48 Å². The Morgan fingerprint density at radius 1 is 1.21 bits per heavy atom. The molecule has 3 rings (SSSR count). The number of nitro groups is 1. The first kappa shape index (κ1) is 16.8. The topological polar surface area (TPSA) is 68.9 Å². The van der Waals surface area contributed by atoms with E-state index >= 15 is 0 Å². The molecule has 0 radical (unpaired) electrons. The Morgan fingerprint density at radius 2 is 1.92 bits per heavy atom. The SMILES string of the molecule is Cc1ncc(-c2cc3cc([AsH2])ncc3c(Cl)c2F)c(C)c1[N+](=O)[O-]. The molecule has 1 aromatic carbocycles. The molecule has 0 spiro atoms. The zero-order valence-corrected chi connectivity index (χ0v) is 16.0. The maximum absolute atomic E-state index is 14.8. The van der Waals surface area contributed by atoms with Crippen LogP contribution in [0.4, 0.5) is 10.1 Å².